The Bertz CT molecular complexity index is 872. The molecule has 2 aliphatic heterocycles. The Morgan fingerprint density at radius 1 is 1.35 bits per heavy atom. The number of alkyl halides is 2. The summed E-state index contributed by atoms with van der Waals surface area (Å²) in [7, 11) is 0. The van der Waals surface area contributed by atoms with Gasteiger partial charge in [-0.1, -0.05) is 23.7 Å². The molecule has 1 aliphatic carbocycles. The van der Waals surface area contributed by atoms with Crippen LogP contribution in [-0.2, 0) is 4.74 Å². The summed E-state index contributed by atoms with van der Waals surface area (Å²) in [6.07, 6.45) is 0.205. The molecule has 2 unspecified atom stereocenters. The molecule has 0 saturated heterocycles. The first kappa shape index (κ1) is 17.0. The number of hydrazone groups is 1. The second-order valence-electron chi connectivity index (χ2n) is 6.42. The van der Waals surface area contributed by atoms with E-state index in [1.54, 1.807) is 18.2 Å². The highest BCUT2D eigenvalue weighted by Gasteiger charge is 2.41. The molecule has 0 amide bonds. The van der Waals surface area contributed by atoms with Crippen LogP contribution in [0.4, 0.5) is 8.78 Å². The number of rotatable bonds is 3. The van der Waals surface area contributed by atoms with Crippen LogP contribution in [0.15, 0.2) is 58.0 Å². The summed E-state index contributed by atoms with van der Waals surface area (Å²) < 4.78 is 31.3. The van der Waals surface area contributed by atoms with Gasteiger partial charge in [-0.15, -0.1) is 0 Å². The topological polar surface area (TPSA) is 49.2 Å². The first-order valence-corrected chi connectivity index (χ1v) is 8.61. The van der Waals surface area contributed by atoms with E-state index in [-0.39, 0.29) is 18.0 Å². The monoisotopic (exact) mass is 378 g/mol. The average Bonchev–Trinajstić information content (AvgIpc) is 3.00. The number of allylic oxidation sites excluding steroid dienone is 1. The van der Waals surface area contributed by atoms with Crippen LogP contribution in [0.3, 0.4) is 0 Å². The van der Waals surface area contributed by atoms with Gasteiger partial charge in [0, 0.05) is 18.6 Å². The van der Waals surface area contributed by atoms with Crippen molar-refractivity contribution in [2.24, 2.45) is 10.1 Å². The highest BCUT2D eigenvalue weighted by molar-refractivity contribution is 6.34. The second-order valence-corrected chi connectivity index (χ2v) is 6.83. The molecule has 0 radical (unpaired) electrons. The Labute approximate surface area is 154 Å². The summed E-state index contributed by atoms with van der Waals surface area (Å²) >= 11 is 6.34. The number of nitrogens with one attached hydrogen (secondary N) is 1. The smallest absolute Gasteiger partial charge is 0.394 e. The molecule has 136 valence electrons. The second kappa shape index (κ2) is 6.09. The number of aliphatic imine (C=N–C) groups is 1. The quantitative estimate of drug-likeness (QED) is 0.868. The molecule has 2 atom stereocenters. The van der Waals surface area contributed by atoms with E-state index in [0.29, 0.717) is 17.3 Å². The normalized spacial score (nSPS) is 24.6. The molecular weight excluding hydrogens is 362 g/mol. The number of hydrogen-bond acceptors (Lipinski definition) is 5. The molecule has 1 aromatic carbocycles. The maximum absolute atomic E-state index is 13.3. The Morgan fingerprint density at radius 2 is 2.12 bits per heavy atom. The number of hydrogen-bond donors (Lipinski definition) is 1. The first-order valence-electron chi connectivity index (χ1n) is 8.24. The highest BCUT2D eigenvalue weighted by Crippen LogP contribution is 2.35. The Morgan fingerprint density at radius 3 is 2.85 bits per heavy atom. The molecule has 0 spiro atoms. The van der Waals surface area contributed by atoms with Crippen molar-refractivity contribution >= 4 is 23.1 Å². The van der Waals surface area contributed by atoms with Gasteiger partial charge in [-0.3, -0.25) is 15.3 Å². The maximum atomic E-state index is 13.3. The molecule has 0 bridgehead atoms. The van der Waals surface area contributed by atoms with Gasteiger partial charge in [0.1, 0.15) is 5.76 Å². The predicted molar refractivity (Wildman–Crippen MR) is 96.1 cm³/mol. The summed E-state index contributed by atoms with van der Waals surface area (Å²) in [6.45, 7) is 2.64. The van der Waals surface area contributed by atoms with Gasteiger partial charge < -0.3 is 4.74 Å². The van der Waals surface area contributed by atoms with E-state index in [1.807, 2.05) is 30.0 Å². The molecule has 1 aromatic rings. The third-order valence-electron chi connectivity index (χ3n) is 4.40. The van der Waals surface area contributed by atoms with Crippen LogP contribution in [0.25, 0.3) is 0 Å². The standard InChI is InChI=1S/C18H17ClF2N4O/c1-10-16-23-24-17(12-5-3-4-6-13(12)19)25(16)15-9-11(26-18(2,20)21)7-8-14(15)22-10/h3-7,9,14,16,23H,8H2,1-2H3. The SMILES string of the molecule is CC1=NC2CC=C(OC(C)(F)F)C=C2N2C(c3ccccc3Cl)=NNC12. The molecule has 8 heteroatoms. The lowest BCUT2D eigenvalue weighted by Crippen LogP contribution is -2.51. The van der Waals surface area contributed by atoms with E-state index in [1.165, 1.54) is 0 Å². The zero-order valence-corrected chi connectivity index (χ0v) is 15.0. The zero-order chi connectivity index (χ0) is 18.5. The molecule has 4 rings (SSSR count). The van der Waals surface area contributed by atoms with Crippen molar-refractivity contribution in [3.63, 3.8) is 0 Å². The Hall–Kier alpha value is -2.41. The summed E-state index contributed by atoms with van der Waals surface area (Å²) in [5.74, 6) is 0.762. The fraction of sp³-hybridized carbons (Fsp3) is 0.333. The summed E-state index contributed by atoms with van der Waals surface area (Å²) in [5, 5.41) is 4.99. The summed E-state index contributed by atoms with van der Waals surface area (Å²) in [6, 6.07) is 7.21. The molecule has 0 saturated carbocycles. The fourth-order valence-corrected chi connectivity index (χ4v) is 3.55. The number of halogens is 3. The molecule has 0 aromatic heterocycles. The number of benzene rings is 1. The molecule has 0 fully saturated rings. The van der Waals surface area contributed by atoms with E-state index in [9.17, 15) is 8.78 Å². The molecule has 1 N–H and O–H groups in total. The van der Waals surface area contributed by atoms with Crippen molar-refractivity contribution in [2.75, 3.05) is 0 Å². The van der Waals surface area contributed by atoms with Crippen LogP contribution in [0.5, 0.6) is 0 Å². The maximum Gasteiger partial charge on any atom is 0.394 e. The number of nitrogens with zero attached hydrogens (tertiary/aromatic N) is 3. The first-order chi connectivity index (χ1) is 12.3. The van der Waals surface area contributed by atoms with Gasteiger partial charge in [-0.05, 0) is 31.6 Å². The van der Waals surface area contributed by atoms with E-state index < -0.39 is 6.11 Å². The van der Waals surface area contributed by atoms with Gasteiger partial charge >= 0.3 is 6.11 Å². The van der Waals surface area contributed by atoms with Gasteiger partial charge in [-0.25, -0.2) is 0 Å². The molecule has 26 heavy (non-hydrogen) atoms. The highest BCUT2D eigenvalue weighted by atomic mass is 35.5. The minimum Gasteiger partial charge on any atom is -0.433 e. The van der Waals surface area contributed by atoms with Crippen molar-refractivity contribution in [1.29, 1.82) is 0 Å². The summed E-state index contributed by atoms with van der Waals surface area (Å²) in [4.78, 5) is 6.64. The van der Waals surface area contributed by atoms with E-state index in [4.69, 9.17) is 16.3 Å². The lowest BCUT2D eigenvalue weighted by Gasteiger charge is -2.38. The van der Waals surface area contributed by atoms with E-state index in [2.05, 4.69) is 15.5 Å². The number of amidine groups is 1. The van der Waals surface area contributed by atoms with Gasteiger partial charge in [0.15, 0.2) is 12.0 Å². The van der Waals surface area contributed by atoms with Crippen molar-refractivity contribution < 1.29 is 13.5 Å². The van der Waals surface area contributed by atoms with Crippen molar-refractivity contribution in [2.45, 2.75) is 38.6 Å². The van der Waals surface area contributed by atoms with Crippen LogP contribution < -0.4 is 5.43 Å². The van der Waals surface area contributed by atoms with Gasteiger partial charge in [0.25, 0.3) is 0 Å². The molecule has 2 heterocycles. The Kier molecular flexibility index (Phi) is 3.99. The van der Waals surface area contributed by atoms with Crippen molar-refractivity contribution in [3.05, 3.63) is 58.5 Å². The van der Waals surface area contributed by atoms with Crippen LogP contribution >= 0.6 is 11.6 Å². The van der Waals surface area contributed by atoms with E-state index in [0.717, 1.165) is 23.9 Å². The van der Waals surface area contributed by atoms with Gasteiger partial charge in [0.2, 0.25) is 0 Å². The summed E-state index contributed by atoms with van der Waals surface area (Å²) in [5.41, 5.74) is 5.44. The van der Waals surface area contributed by atoms with Gasteiger partial charge in [-0.2, -0.15) is 13.9 Å². The van der Waals surface area contributed by atoms with Crippen LogP contribution in [-0.4, -0.2) is 34.8 Å². The molecular formula is C18H17ClF2N4O. The lowest BCUT2D eigenvalue weighted by atomic mass is 9.98. The fourth-order valence-electron chi connectivity index (χ4n) is 3.33. The predicted octanol–water partition coefficient (Wildman–Crippen LogP) is 3.88. The Balaban J connectivity index is 1.75. The lowest BCUT2D eigenvalue weighted by molar-refractivity contribution is -0.195. The van der Waals surface area contributed by atoms with Crippen LogP contribution in [0, 0.1) is 0 Å². The van der Waals surface area contributed by atoms with Crippen molar-refractivity contribution in [3.8, 4) is 0 Å². The van der Waals surface area contributed by atoms with Crippen LogP contribution in [0.2, 0.25) is 5.02 Å². The minimum absolute atomic E-state index is 0.127. The van der Waals surface area contributed by atoms with E-state index >= 15 is 0 Å². The zero-order valence-electron chi connectivity index (χ0n) is 14.2. The van der Waals surface area contributed by atoms with Crippen LogP contribution in [0.1, 0.15) is 25.8 Å². The van der Waals surface area contributed by atoms with Gasteiger partial charge in [0.05, 0.1) is 22.5 Å². The molecule has 5 nitrogen and oxygen atoms in total. The minimum atomic E-state index is -3.24. The average molecular weight is 379 g/mol. The number of fused-ring (bicyclic) bond motifs is 3. The molecule has 3 aliphatic rings. The van der Waals surface area contributed by atoms with Crippen molar-refractivity contribution in [1.82, 2.24) is 10.3 Å². The third kappa shape index (κ3) is 2.96. The largest absolute Gasteiger partial charge is 0.433 e. The number of ether oxygens (including phenoxy) is 1. The third-order valence-corrected chi connectivity index (χ3v) is 4.73.